The number of imide groups is 1. The maximum absolute atomic E-state index is 10.8. The summed E-state index contributed by atoms with van der Waals surface area (Å²) in [5.41, 5.74) is 0. The normalized spacial score (nSPS) is 17.0. The maximum atomic E-state index is 10.8. The smallest absolute Gasteiger partial charge is 0.328 e. The molecule has 1 N–H and O–H groups in total. The van der Waals surface area contributed by atoms with Gasteiger partial charge in [-0.1, -0.05) is 0 Å². The van der Waals surface area contributed by atoms with Crippen LogP contribution in [0.2, 0.25) is 0 Å². The van der Waals surface area contributed by atoms with Crippen molar-refractivity contribution < 1.29 is 14.4 Å². The number of carbonyl (C=O) groups excluding carboxylic acids is 3. The van der Waals surface area contributed by atoms with E-state index in [4.69, 9.17) is 0 Å². The minimum atomic E-state index is -0.518. The summed E-state index contributed by atoms with van der Waals surface area (Å²) in [6.07, 6.45) is 0. The lowest BCUT2D eigenvalue weighted by Crippen LogP contribution is -2.25. The number of nitrogens with one attached hydrogen (secondary N) is 1. The van der Waals surface area contributed by atoms with E-state index >= 15 is 0 Å². The summed E-state index contributed by atoms with van der Waals surface area (Å²) in [5.74, 6) is -0.379. The van der Waals surface area contributed by atoms with E-state index in [9.17, 15) is 14.4 Å². The Bertz CT molecular complexity index is 212. The number of nitrogens with zero attached hydrogens (tertiary/aromatic N) is 1. The van der Waals surface area contributed by atoms with Crippen LogP contribution in [-0.4, -0.2) is 27.9 Å². The second kappa shape index (κ2) is 2.91. The molecular weight excluding hydrogens is 168 g/mol. The lowest BCUT2D eigenvalue weighted by molar-refractivity contribution is -0.122. The molecule has 0 aliphatic carbocycles. The standard InChI is InChI=1S/C5H6N2O3S/c1-3(8)11-7-4(9)2-6-5(7)10/h2H2,1H3,(H,6,10). The van der Waals surface area contributed by atoms with E-state index in [1.807, 2.05) is 0 Å². The summed E-state index contributed by atoms with van der Waals surface area (Å²) in [4.78, 5) is 32.0. The summed E-state index contributed by atoms with van der Waals surface area (Å²) in [6, 6.07) is -0.518. The Morgan fingerprint density at radius 2 is 2.27 bits per heavy atom. The molecular formula is C5H6N2O3S. The van der Waals surface area contributed by atoms with Crippen molar-refractivity contribution in [1.29, 1.82) is 0 Å². The second-order valence-electron chi connectivity index (χ2n) is 1.93. The molecule has 0 unspecified atom stereocenters. The highest BCUT2D eigenvalue weighted by Crippen LogP contribution is 2.14. The quantitative estimate of drug-likeness (QED) is 0.439. The topological polar surface area (TPSA) is 66.5 Å². The molecule has 1 aliphatic heterocycles. The van der Waals surface area contributed by atoms with E-state index in [1.54, 1.807) is 0 Å². The van der Waals surface area contributed by atoms with Gasteiger partial charge < -0.3 is 5.32 Å². The van der Waals surface area contributed by atoms with E-state index in [2.05, 4.69) is 5.32 Å². The largest absolute Gasteiger partial charge is 0.335 e. The minimum absolute atomic E-state index is 0.0148. The molecule has 0 radical (unpaired) electrons. The van der Waals surface area contributed by atoms with Crippen molar-refractivity contribution in [2.24, 2.45) is 0 Å². The molecule has 6 heteroatoms. The van der Waals surface area contributed by atoms with Crippen molar-refractivity contribution >= 4 is 29.0 Å². The monoisotopic (exact) mass is 174 g/mol. The van der Waals surface area contributed by atoms with E-state index < -0.39 is 6.03 Å². The average molecular weight is 174 g/mol. The third-order valence-corrected chi connectivity index (χ3v) is 1.83. The number of hydrogen-bond donors (Lipinski definition) is 1. The molecule has 1 saturated heterocycles. The molecule has 5 nitrogen and oxygen atoms in total. The number of urea groups is 1. The van der Waals surface area contributed by atoms with E-state index in [1.165, 1.54) is 6.92 Å². The van der Waals surface area contributed by atoms with Gasteiger partial charge in [-0.15, -0.1) is 0 Å². The van der Waals surface area contributed by atoms with Crippen LogP contribution in [0.3, 0.4) is 0 Å². The van der Waals surface area contributed by atoms with Gasteiger partial charge in [0.25, 0.3) is 5.91 Å². The Kier molecular flexibility index (Phi) is 2.13. The van der Waals surface area contributed by atoms with Gasteiger partial charge in [0.15, 0.2) is 0 Å². The Morgan fingerprint density at radius 1 is 1.64 bits per heavy atom. The van der Waals surface area contributed by atoms with Gasteiger partial charge in [-0.25, -0.2) is 4.79 Å². The van der Waals surface area contributed by atoms with Crippen LogP contribution < -0.4 is 5.32 Å². The van der Waals surface area contributed by atoms with Crippen molar-refractivity contribution in [1.82, 2.24) is 9.62 Å². The molecule has 60 valence electrons. The highest BCUT2D eigenvalue weighted by Gasteiger charge is 2.30. The van der Waals surface area contributed by atoms with Gasteiger partial charge in [-0.05, 0) is 0 Å². The fraction of sp³-hybridized carbons (Fsp3) is 0.400. The van der Waals surface area contributed by atoms with Crippen molar-refractivity contribution in [3.05, 3.63) is 0 Å². The SMILES string of the molecule is CC(=O)SN1C(=O)CNC1=O. The van der Waals surface area contributed by atoms with Crippen LogP contribution in [0, 0.1) is 0 Å². The van der Waals surface area contributed by atoms with Crippen molar-refractivity contribution in [3.8, 4) is 0 Å². The molecule has 1 rings (SSSR count). The van der Waals surface area contributed by atoms with Crippen LogP contribution in [0.1, 0.15) is 6.92 Å². The summed E-state index contributed by atoms with van der Waals surface area (Å²) in [6.45, 7) is 1.28. The Hall–Kier alpha value is -1.04. The fourth-order valence-electron chi connectivity index (χ4n) is 0.629. The molecule has 0 bridgehead atoms. The third kappa shape index (κ3) is 1.70. The summed E-state index contributed by atoms with van der Waals surface area (Å²) in [7, 11) is 0. The number of carbonyl (C=O) groups is 3. The molecule has 1 fully saturated rings. The van der Waals surface area contributed by atoms with E-state index in [-0.39, 0.29) is 17.6 Å². The van der Waals surface area contributed by atoms with Crippen LogP contribution in [0.15, 0.2) is 0 Å². The van der Waals surface area contributed by atoms with Gasteiger partial charge in [0.05, 0.1) is 0 Å². The lowest BCUT2D eigenvalue weighted by Gasteiger charge is -2.05. The van der Waals surface area contributed by atoms with Crippen LogP contribution in [0.4, 0.5) is 4.79 Å². The van der Waals surface area contributed by atoms with Crippen molar-refractivity contribution in [2.75, 3.05) is 6.54 Å². The van der Waals surface area contributed by atoms with Crippen LogP contribution >= 0.6 is 11.9 Å². The predicted molar refractivity (Wildman–Crippen MR) is 38.5 cm³/mol. The highest BCUT2D eigenvalue weighted by molar-refractivity contribution is 8.12. The van der Waals surface area contributed by atoms with Gasteiger partial charge in [-0.3, -0.25) is 9.59 Å². The molecule has 0 aromatic heterocycles. The van der Waals surface area contributed by atoms with Gasteiger partial charge in [0, 0.05) is 18.9 Å². The zero-order valence-electron chi connectivity index (χ0n) is 5.79. The van der Waals surface area contributed by atoms with E-state index in [0.29, 0.717) is 11.9 Å². The van der Waals surface area contributed by atoms with Gasteiger partial charge in [-0.2, -0.15) is 4.31 Å². The summed E-state index contributed by atoms with van der Waals surface area (Å²) in [5, 5.41) is 2.01. The number of amides is 3. The lowest BCUT2D eigenvalue weighted by atomic mass is 10.7. The first-order chi connectivity index (χ1) is 5.11. The van der Waals surface area contributed by atoms with Crippen LogP contribution in [-0.2, 0) is 9.59 Å². The maximum Gasteiger partial charge on any atom is 0.335 e. The first-order valence-electron chi connectivity index (χ1n) is 2.90. The van der Waals surface area contributed by atoms with Gasteiger partial charge >= 0.3 is 6.03 Å². The first kappa shape index (κ1) is 8.06. The van der Waals surface area contributed by atoms with Crippen LogP contribution in [0.25, 0.3) is 0 Å². The van der Waals surface area contributed by atoms with Crippen LogP contribution in [0.5, 0.6) is 0 Å². The van der Waals surface area contributed by atoms with E-state index in [0.717, 1.165) is 4.31 Å². The molecule has 1 aliphatic rings. The fourth-order valence-corrected chi connectivity index (χ4v) is 1.20. The molecule has 0 spiro atoms. The van der Waals surface area contributed by atoms with Crippen molar-refractivity contribution in [2.45, 2.75) is 6.92 Å². The minimum Gasteiger partial charge on any atom is -0.328 e. The van der Waals surface area contributed by atoms with Gasteiger partial charge in [0.1, 0.15) is 6.54 Å². The molecule has 11 heavy (non-hydrogen) atoms. The Labute approximate surface area is 67.2 Å². The predicted octanol–water partition coefficient (Wildman–Crippen LogP) is -0.267. The summed E-state index contributed by atoms with van der Waals surface area (Å²) >= 11 is 0.611. The zero-order valence-corrected chi connectivity index (χ0v) is 6.60. The van der Waals surface area contributed by atoms with Gasteiger partial charge in [0.2, 0.25) is 5.12 Å². The highest BCUT2D eigenvalue weighted by atomic mass is 32.2. The molecule has 0 aromatic carbocycles. The summed E-state index contributed by atoms with van der Waals surface area (Å²) < 4.78 is 0.822. The third-order valence-electron chi connectivity index (χ3n) is 1.02. The Morgan fingerprint density at radius 3 is 2.64 bits per heavy atom. The molecule has 0 aromatic rings. The first-order valence-corrected chi connectivity index (χ1v) is 3.68. The molecule has 0 atom stereocenters. The molecule has 1 heterocycles. The molecule has 3 amide bonds. The average Bonchev–Trinajstić information content (AvgIpc) is 2.18. The molecule has 0 saturated carbocycles. The second-order valence-corrected chi connectivity index (χ2v) is 3.05. The van der Waals surface area contributed by atoms with Crippen molar-refractivity contribution in [3.63, 3.8) is 0 Å². The number of hydrogen-bond acceptors (Lipinski definition) is 4. The number of rotatable bonds is 1. The Balaban J connectivity index is 2.62. The zero-order chi connectivity index (χ0) is 8.43.